The lowest BCUT2D eigenvalue weighted by molar-refractivity contribution is -0.239. The van der Waals surface area contributed by atoms with Gasteiger partial charge in [-0.05, 0) is 53.4 Å². The zero-order valence-corrected chi connectivity index (χ0v) is 33.5. The van der Waals surface area contributed by atoms with E-state index in [0.29, 0.717) is 65.9 Å². The molecule has 0 aromatic rings. The number of rotatable bonds is 30. The fraction of sp³-hybridized carbons (Fsp3) is 1.00. The van der Waals surface area contributed by atoms with Crippen LogP contribution in [0.2, 0.25) is 0 Å². The first-order valence-corrected chi connectivity index (χ1v) is 18.1. The van der Waals surface area contributed by atoms with E-state index < -0.39 is 6.80 Å². The summed E-state index contributed by atoms with van der Waals surface area (Å²) in [6.45, 7) is 10.2. The molecule has 0 unspecified atom stereocenters. The number of hydrogen-bond acceptors (Lipinski definition) is 12. The van der Waals surface area contributed by atoms with E-state index in [1.165, 1.54) is 24.2 Å². The van der Waals surface area contributed by atoms with Gasteiger partial charge in [-0.3, -0.25) is 13.7 Å². The number of ether oxygens (including phenoxy) is 8. The molecule has 1 saturated carbocycles. The maximum absolute atomic E-state index is 12.1. The summed E-state index contributed by atoms with van der Waals surface area (Å²) in [6, 6.07) is 0. The Hall–Kier alpha value is -0.760. The van der Waals surface area contributed by atoms with Gasteiger partial charge in [0.05, 0.1) is 39.8 Å². The highest BCUT2D eigenvalue weighted by atomic mass is 19.1. The van der Waals surface area contributed by atoms with Gasteiger partial charge in [0.25, 0.3) is 0 Å². The second-order valence-corrected chi connectivity index (χ2v) is 12.0. The standard InChI is InChI=1S/C14H28FNO2.C8H18FNO2.C7H16FNO2.C6H14FNO2/c1-3-16(11-7-10-15)12-13-18-14(17-2)8-5-4-6-9-14;1-10(5-3-4-9)6-7-12-8-11-2;1-9(4-3-8)5-6-11-7-10-2;1-8(5-7)3-4-10-6-9-2/h3-13H2,1-2H3;3-8H2,1-2H3;3-7H2,1-2H3;3-6H2,1-2H3. The molecule has 0 amide bonds. The van der Waals surface area contributed by atoms with Gasteiger partial charge in [0, 0.05) is 87.1 Å². The third-order valence-electron chi connectivity index (χ3n) is 7.61. The number of halogens is 4. The molecule has 312 valence electrons. The van der Waals surface area contributed by atoms with E-state index >= 15 is 0 Å². The number of alkyl halides is 4. The quantitative estimate of drug-likeness (QED) is 0.0435. The lowest BCUT2D eigenvalue weighted by Gasteiger charge is -2.36. The van der Waals surface area contributed by atoms with Gasteiger partial charge in [0.15, 0.2) is 5.79 Å². The zero-order valence-electron chi connectivity index (χ0n) is 33.5. The minimum atomic E-state index is -0.434. The van der Waals surface area contributed by atoms with Crippen LogP contribution in [0, 0.1) is 0 Å². The fourth-order valence-electron chi connectivity index (χ4n) is 4.42. The molecule has 0 bridgehead atoms. The maximum atomic E-state index is 12.1. The predicted molar refractivity (Wildman–Crippen MR) is 195 cm³/mol. The minimum absolute atomic E-state index is 0.237. The SMILES string of the molecule is CCN(CCCF)CCOC1(OC)CCCCC1.COCOCCN(C)CCCF.COCOCCN(C)CCF.COCOCCN(C)CF. The van der Waals surface area contributed by atoms with Crippen molar-refractivity contribution >= 4 is 0 Å². The first-order chi connectivity index (χ1) is 24.7. The largest absolute Gasteiger partial charge is 0.359 e. The number of hydrogen-bond donors (Lipinski definition) is 0. The Balaban J connectivity index is -0.000000623. The van der Waals surface area contributed by atoms with Crippen LogP contribution in [0.1, 0.15) is 51.9 Å². The summed E-state index contributed by atoms with van der Waals surface area (Å²) in [4.78, 5) is 7.66. The Morgan fingerprint density at radius 2 is 1.00 bits per heavy atom. The normalized spacial score (nSPS) is 13.9. The molecule has 0 aromatic carbocycles. The highest BCUT2D eigenvalue weighted by molar-refractivity contribution is 4.75. The highest BCUT2D eigenvalue weighted by Gasteiger charge is 2.32. The molecule has 1 aliphatic rings. The van der Waals surface area contributed by atoms with E-state index in [9.17, 15) is 17.6 Å². The Morgan fingerprint density at radius 3 is 1.41 bits per heavy atom. The van der Waals surface area contributed by atoms with Crippen molar-refractivity contribution in [3.05, 3.63) is 0 Å². The van der Waals surface area contributed by atoms with E-state index in [2.05, 4.69) is 21.3 Å². The van der Waals surface area contributed by atoms with Gasteiger partial charge < -0.3 is 52.6 Å². The van der Waals surface area contributed by atoms with Crippen LogP contribution in [0.15, 0.2) is 0 Å². The summed E-state index contributed by atoms with van der Waals surface area (Å²) in [6.07, 6.45) is 6.87. The van der Waals surface area contributed by atoms with Crippen molar-refractivity contribution in [1.29, 1.82) is 0 Å². The summed E-state index contributed by atoms with van der Waals surface area (Å²) < 4.78 is 87.9. The first kappa shape index (κ1) is 54.6. The maximum Gasteiger partial charge on any atom is 0.167 e. The van der Waals surface area contributed by atoms with Crippen molar-refractivity contribution in [3.63, 3.8) is 0 Å². The van der Waals surface area contributed by atoms with E-state index in [0.717, 1.165) is 52.1 Å². The molecule has 0 heterocycles. The Bertz CT molecular complexity index is 655. The molecule has 0 radical (unpaired) electrons. The monoisotopic (exact) mass is 757 g/mol. The van der Waals surface area contributed by atoms with Crippen LogP contribution in [-0.2, 0) is 37.9 Å². The van der Waals surface area contributed by atoms with E-state index in [-0.39, 0.29) is 32.6 Å². The lowest BCUT2D eigenvalue weighted by atomic mass is 9.94. The number of likely N-dealkylation sites (N-methyl/N-ethyl adjacent to an activating group) is 4. The molecule has 0 N–H and O–H groups in total. The van der Waals surface area contributed by atoms with E-state index in [1.807, 2.05) is 23.9 Å². The first-order valence-electron chi connectivity index (χ1n) is 18.1. The summed E-state index contributed by atoms with van der Waals surface area (Å²) in [5.74, 6) is -0.349. The Kier molecular flexibility index (Phi) is 46.7. The third kappa shape index (κ3) is 40.3. The molecule has 0 spiro atoms. The van der Waals surface area contributed by atoms with Crippen molar-refractivity contribution in [1.82, 2.24) is 19.6 Å². The fourth-order valence-corrected chi connectivity index (χ4v) is 4.42. The van der Waals surface area contributed by atoms with E-state index in [1.54, 1.807) is 35.5 Å². The predicted octanol–water partition coefficient (Wildman–Crippen LogP) is 4.86. The minimum Gasteiger partial charge on any atom is -0.359 e. The molecule has 12 nitrogen and oxygen atoms in total. The zero-order chi connectivity index (χ0) is 38.9. The van der Waals surface area contributed by atoms with Crippen LogP contribution < -0.4 is 0 Å². The topological polar surface area (TPSA) is 86.8 Å². The molecule has 51 heavy (non-hydrogen) atoms. The summed E-state index contributed by atoms with van der Waals surface area (Å²) in [5.41, 5.74) is 0. The van der Waals surface area contributed by atoms with Crippen molar-refractivity contribution in [2.45, 2.75) is 57.7 Å². The van der Waals surface area contributed by atoms with Crippen LogP contribution in [0.5, 0.6) is 0 Å². The molecule has 1 aliphatic carbocycles. The van der Waals surface area contributed by atoms with Crippen LogP contribution >= 0.6 is 0 Å². The molecule has 16 heteroatoms. The van der Waals surface area contributed by atoms with Gasteiger partial charge in [0.2, 0.25) is 0 Å². The number of methoxy groups -OCH3 is 4. The average molecular weight is 757 g/mol. The molecule has 0 aliphatic heterocycles. The van der Waals surface area contributed by atoms with Crippen molar-refractivity contribution in [2.75, 3.05) is 176 Å². The van der Waals surface area contributed by atoms with Crippen LogP contribution in [0.3, 0.4) is 0 Å². The summed E-state index contributed by atoms with van der Waals surface area (Å²) in [5, 5.41) is 0. The van der Waals surface area contributed by atoms with Gasteiger partial charge in [-0.15, -0.1) is 0 Å². The van der Waals surface area contributed by atoms with E-state index in [4.69, 9.17) is 28.4 Å². The summed E-state index contributed by atoms with van der Waals surface area (Å²) in [7, 11) is 12.0. The highest BCUT2D eigenvalue weighted by Crippen LogP contribution is 2.32. The molecule has 0 saturated heterocycles. The number of nitrogens with zero attached hydrogens (tertiary/aromatic N) is 4. The van der Waals surface area contributed by atoms with Crippen LogP contribution in [0.4, 0.5) is 17.6 Å². The van der Waals surface area contributed by atoms with Crippen LogP contribution in [0.25, 0.3) is 0 Å². The molecule has 1 rings (SSSR count). The van der Waals surface area contributed by atoms with Gasteiger partial charge in [-0.25, -0.2) is 8.78 Å². The van der Waals surface area contributed by atoms with Gasteiger partial charge in [-0.2, -0.15) is 0 Å². The second kappa shape index (κ2) is 43.6. The molecular weight excluding hydrogens is 680 g/mol. The third-order valence-corrected chi connectivity index (χ3v) is 7.61. The Labute approximate surface area is 308 Å². The molecule has 0 aromatic heterocycles. The molecule has 0 atom stereocenters. The second-order valence-electron chi connectivity index (χ2n) is 12.0. The lowest BCUT2D eigenvalue weighted by Crippen LogP contribution is -2.40. The van der Waals surface area contributed by atoms with Gasteiger partial charge >= 0.3 is 0 Å². The Morgan fingerprint density at radius 1 is 0.529 bits per heavy atom. The smallest absolute Gasteiger partial charge is 0.167 e. The average Bonchev–Trinajstić information content (AvgIpc) is 3.15. The van der Waals surface area contributed by atoms with Gasteiger partial charge in [-0.1, -0.05) is 13.3 Å². The molecular formula is C35H76F4N4O8. The van der Waals surface area contributed by atoms with Crippen LogP contribution in [-0.4, -0.2) is 201 Å². The van der Waals surface area contributed by atoms with Crippen molar-refractivity contribution in [3.8, 4) is 0 Å². The van der Waals surface area contributed by atoms with Crippen molar-refractivity contribution < 1.29 is 55.5 Å². The molecule has 1 fully saturated rings. The summed E-state index contributed by atoms with van der Waals surface area (Å²) >= 11 is 0. The van der Waals surface area contributed by atoms with Gasteiger partial charge in [0.1, 0.15) is 33.9 Å². The van der Waals surface area contributed by atoms with Crippen molar-refractivity contribution in [2.24, 2.45) is 0 Å².